The van der Waals surface area contributed by atoms with Crippen LogP contribution < -0.4 is 0 Å². The average Bonchev–Trinajstić information content (AvgIpc) is 3.09. The van der Waals surface area contributed by atoms with Crippen LogP contribution in [0.5, 0.6) is 0 Å². The Kier molecular flexibility index (Phi) is 3.50. The molecule has 0 unspecified atom stereocenters. The van der Waals surface area contributed by atoms with E-state index in [-0.39, 0.29) is 5.91 Å². The van der Waals surface area contributed by atoms with Gasteiger partial charge in [-0.2, -0.15) is 0 Å². The van der Waals surface area contributed by atoms with E-state index in [0.717, 1.165) is 27.4 Å². The number of aromatic nitrogens is 2. The maximum Gasteiger partial charge on any atom is 0.254 e. The van der Waals surface area contributed by atoms with E-state index in [0.29, 0.717) is 12.1 Å². The van der Waals surface area contributed by atoms with Gasteiger partial charge < -0.3 is 9.88 Å². The molecule has 4 heteroatoms. The summed E-state index contributed by atoms with van der Waals surface area (Å²) in [7, 11) is 1.82. The molecule has 0 atom stereocenters. The number of rotatable bonds is 3. The summed E-state index contributed by atoms with van der Waals surface area (Å²) in [5.41, 5.74) is 3.67. The fourth-order valence-corrected chi connectivity index (χ4v) is 3.03. The Morgan fingerprint density at radius 3 is 2.92 bits per heavy atom. The third-order valence-electron chi connectivity index (χ3n) is 4.24. The van der Waals surface area contributed by atoms with Gasteiger partial charge in [-0.05, 0) is 35.9 Å². The van der Waals surface area contributed by atoms with E-state index in [2.05, 4.69) is 16.0 Å². The van der Waals surface area contributed by atoms with Crippen molar-refractivity contribution >= 4 is 27.7 Å². The Balaban J connectivity index is 1.61. The molecular formula is C20H17N3O. The van der Waals surface area contributed by atoms with Gasteiger partial charge in [-0.15, -0.1) is 0 Å². The van der Waals surface area contributed by atoms with Gasteiger partial charge in [-0.3, -0.25) is 9.78 Å². The molecule has 0 radical (unpaired) electrons. The first-order valence-corrected chi connectivity index (χ1v) is 7.87. The van der Waals surface area contributed by atoms with Crippen molar-refractivity contribution < 1.29 is 4.79 Å². The van der Waals surface area contributed by atoms with E-state index in [9.17, 15) is 4.79 Å². The Bertz CT molecular complexity index is 1040. The molecule has 0 aliphatic heterocycles. The van der Waals surface area contributed by atoms with Crippen molar-refractivity contribution in [2.75, 3.05) is 7.05 Å². The summed E-state index contributed by atoms with van der Waals surface area (Å²) in [5.74, 6) is 0.00774. The number of H-pyrrole nitrogens is 1. The Hall–Kier alpha value is -3.14. The molecule has 0 spiro atoms. The Morgan fingerprint density at radius 2 is 2.00 bits per heavy atom. The van der Waals surface area contributed by atoms with Crippen LogP contribution in [0, 0.1) is 0 Å². The van der Waals surface area contributed by atoms with Crippen molar-refractivity contribution in [2.24, 2.45) is 0 Å². The first kappa shape index (κ1) is 14.5. The van der Waals surface area contributed by atoms with Crippen LogP contribution in [-0.2, 0) is 6.54 Å². The molecule has 4 nitrogen and oxygen atoms in total. The SMILES string of the molecule is CN(Cc1cnc2ccccc2c1)C(=O)c1cccc2[nH]ccc12. The molecule has 0 aliphatic carbocycles. The van der Waals surface area contributed by atoms with Crippen molar-refractivity contribution in [2.45, 2.75) is 6.54 Å². The lowest BCUT2D eigenvalue weighted by Gasteiger charge is -2.18. The smallest absolute Gasteiger partial charge is 0.254 e. The zero-order chi connectivity index (χ0) is 16.5. The molecule has 0 saturated carbocycles. The number of carbonyl (C=O) groups excluding carboxylic acids is 1. The molecule has 4 aromatic rings. The minimum atomic E-state index is 0.00774. The number of nitrogens with one attached hydrogen (secondary N) is 1. The largest absolute Gasteiger partial charge is 0.361 e. The second kappa shape index (κ2) is 5.81. The van der Waals surface area contributed by atoms with E-state index in [4.69, 9.17) is 0 Å². The first-order chi connectivity index (χ1) is 11.7. The molecule has 1 amide bonds. The number of carbonyl (C=O) groups is 1. The van der Waals surface area contributed by atoms with Crippen LogP contribution in [0.1, 0.15) is 15.9 Å². The predicted octanol–water partition coefficient (Wildman–Crippen LogP) is 3.99. The van der Waals surface area contributed by atoms with Crippen LogP contribution in [0.4, 0.5) is 0 Å². The highest BCUT2D eigenvalue weighted by Crippen LogP contribution is 2.20. The third-order valence-corrected chi connectivity index (χ3v) is 4.24. The van der Waals surface area contributed by atoms with Gasteiger partial charge in [0.2, 0.25) is 0 Å². The summed E-state index contributed by atoms with van der Waals surface area (Å²) in [5, 5.41) is 2.04. The first-order valence-electron chi connectivity index (χ1n) is 7.87. The minimum absolute atomic E-state index is 0.00774. The number of nitrogens with zero attached hydrogens (tertiary/aromatic N) is 2. The van der Waals surface area contributed by atoms with Gasteiger partial charge >= 0.3 is 0 Å². The molecule has 2 heterocycles. The van der Waals surface area contributed by atoms with E-state index >= 15 is 0 Å². The van der Waals surface area contributed by atoms with Crippen LogP contribution in [-0.4, -0.2) is 27.8 Å². The van der Waals surface area contributed by atoms with Gasteiger partial charge in [0.05, 0.1) is 5.52 Å². The summed E-state index contributed by atoms with van der Waals surface area (Å²) in [6, 6.07) is 17.8. The Morgan fingerprint density at radius 1 is 1.12 bits per heavy atom. The molecule has 24 heavy (non-hydrogen) atoms. The normalized spacial score (nSPS) is 11.0. The van der Waals surface area contributed by atoms with E-state index < -0.39 is 0 Å². The lowest BCUT2D eigenvalue weighted by atomic mass is 10.1. The second-order valence-electron chi connectivity index (χ2n) is 5.94. The minimum Gasteiger partial charge on any atom is -0.361 e. The molecule has 0 bridgehead atoms. The van der Waals surface area contributed by atoms with Crippen LogP contribution >= 0.6 is 0 Å². The van der Waals surface area contributed by atoms with Gasteiger partial charge in [0.1, 0.15) is 0 Å². The molecule has 2 aromatic carbocycles. The van der Waals surface area contributed by atoms with Gasteiger partial charge in [-0.1, -0.05) is 24.3 Å². The summed E-state index contributed by atoms with van der Waals surface area (Å²) in [4.78, 5) is 22.2. The number of hydrogen-bond donors (Lipinski definition) is 1. The quantitative estimate of drug-likeness (QED) is 0.621. The summed E-state index contributed by atoms with van der Waals surface area (Å²) in [6.45, 7) is 0.525. The maximum absolute atomic E-state index is 12.8. The monoisotopic (exact) mass is 315 g/mol. The highest BCUT2D eigenvalue weighted by molar-refractivity contribution is 6.06. The topological polar surface area (TPSA) is 49.0 Å². The summed E-state index contributed by atoms with van der Waals surface area (Å²) >= 11 is 0. The zero-order valence-corrected chi connectivity index (χ0v) is 13.4. The summed E-state index contributed by atoms with van der Waals surface area (Å²) < 4.78 is 0. The van der Waals surface area contributed by atoms with E-state index in [1.54, 1.807) is 4.90 Å². The average molecular weight is 315 g/mol. The fourth-order valence-electron chi connectivity index (χ4n) is 3.03. The zero-order valence-electron chi connectivity index (χ0n) is 13.4. The predicted molar refractivity (Wildman–Crippen MR) is 95.8 cm³/mol. The maximum atomic E-state index is 12.8. The molecule has 0 fully saturated rings. The molecule has 118 valence electrons. The number of hydrogen-bond acceptors (Lipinski definition) is 2. The van der Waals surface area contributed by atoms with Crippen molar-refractivity contribution in [3.63, 3.8) is 0 Å². The fraction of sp³-hybridized carbons (Fsp3) is 0.100. The highest BCUT2D eigenvalue weighted by Gasteiger charge is 2.15. The lowest BCUT2D eigenvalue weighted by Crippen LogP contribution is -2.26. The van der Waals surface area contributed by atoms with Crippen LogP contribution in [0.25, 0.3) is 21.8 Å². The number of amides is 1. The molecule has 0 saturated heterocycles. The second-order valence-corrected chi connectivity index (χ2v) is 5.94. The Labute approximate surface area is 139 Å². The lowest BCUT2D eigenvalue weighted by molar-refractivity contribution is 0.0787. The van der Waals surface area contributed by atoms with E-state index in [1.807, 2.05) is 68.0 Å². The third kappa shape index (κ3) is 2.52. The van der Waals surface area contributed by atoms with Crippen molar-refractivity contribution in [3.05, 3.63) is 78.1 Å². The van der Waals surface area contributed by atoms with Crippen molar-refractivity contribution in [1.82, 2.24) is 14.9 Å². The molecule has 2 aromatic heterocycles. The van der Waals surface area contributed by atoms with Crippen LogP contribution in [0.2, 0.25) is 0 Å². The number of pyridine rings is 1. The van der Waals surface area contributed by atoms with Crippen molar-refractivity contribution in [3.8, 4) is 0 Å². The summed E-state index contributed by atoms with van der Waals surface area (Å²) in [6.07, 6.45) is 3.69. The number of fused-ring (bicyclic) bond motifs is 2. The van der Waals surface area contributed by atoms with E-state index in [1.165, 1.54) is 0 Å². The van der Waals surface area contributed by atoms with Gasteiger partial charge in [0, 0.05) is 47.8 Å². The molecule has 1 N–H and O–H groups in total. The molecule has 4 rings (SSSR count). The van der Waals surface area contributed by atoms with Crippen molar-refractivity contribution in [1.29, 1.82) is 0 Å². The van der Waals surface area contributed by atoms with Crippen LogP contribution in [0.15, 0.2) is 67.0 Å². The standard InChI is InChI=1S/C20H17N3O/c1-23(13-14-11-15-5-2-3-7-18(15)22-12-14)20(24)17-6-4-8-19-16(17)9-10-21-19/h2-12,21H,13H2,1H3. The molecule has 0 aliphatic rings. The molecular weight excluding hydrogens is 298 g/mol. The highest BCUT2D eigenvalue weighted by atomic mass is 16.2. The number of aromatic amines is 1. The van der Waals surface area contributed by atoms with Crippen LogP contribution in [0.3, 0.4) is 0 Å². The number of benzene rings is 2. The van der Waals surface area contributed by atoms with Gasteiger partial charge in [0.15, 0.2) is 0 Å². The van der Waals surface area contributed by atoms with Gasteiger partial charge in [0.25, 0.3) is 5.91 Å². The number of para-hydroxylation sites is 1. The van der Waals surface area contributed by atoms with Gasteiger partial charge in [-0.25, -0.2) is 0 Å².